The number of hydrogen-bond donors (Lipinski definition) is 1. The summed E-state index contributed by atoms with van der Waals surface area (Å²) in [5.74, 6) is -0.342. The lowest BCUT2D eigenvalue weighted by atomic mass is 10.0. The predicted octanol–water partition coefficient (Wildman–Crippen LogP) is 6.10. The Hall–Kier alpha value is -4.34. The van der Waals surface area contributed by atoms with Gasteiger partial charge in [0.25, 0.3) is 10.0 Å². The van der Waals surface area contributed by atoms with Gasteiger partial charge in [0.1, 0.15) is 18.3 Å². The average Bonchev–Trinajstić information content (AvgIpc) is 3.06. The van der Waals surface area contributed by atoms with E-state index in [1.807, 2.05) is 50.2 Å². The van der Waals surface area contributed by atoms with Crippen molar-refractivity contribution >= 4 is 39.1 Å². The van der Waals surface area contributed by atoms with E-state index in [4.69, 9.17) is 16.3 Å². The molecule has 2 atom stereocenters. The summed E-state index contributed by atoms with van der Waals surface area (Å²) in [5.41, 5.74) is 1.83. The molecule has 0 spiro atoms. The van der Waals surface area contributed by atoms with Gasteiger partial charge in [0.15, 0.2) is 0 Å². The molecule has 0 bridgehead atoms. The standard InChI is InChI=1S/C35H38ClN3O5S/c1-4-26(2)37-35(41)33(23-27-12-7-5-8-13-27)38(24-28-14-11-15-29(36)22-28)34(40)25-39(30-18-20-31(44-3)21-19-30)45(42,43)32-16-9-6-10-17-32/h5-22,26,33H,4,23-25H2,1-3H3,(H,37,41)/t26-,33-/m0/s1. The van der Waals surface area contributed by atoms with Gasteiger partial charge in [-0.3, -0.25) is 13.9 Å². The zero-order valence-electron chi connectivity index (χ0n) is 25.6. The number of halogens is 1. The minimum absolute atomic E-state index is 0.0327. The smallest absolute Gasteiger partial charge is 0.264 e. The molecule has 0 aromatic heterocycles. The SMILES string of the molecule is CC[C@H](C)NC(=O)[C@H](Cc1ccccc1)N(Cc1cccc(Cl)c1)C(=O)CN(c1ccc(OC)cc1)S(=O)(=O)c1ccccc1. The van der Waals surface area contributed by atoms with Crippen LogP contribution in [0.3, 0.4) is 0 Å². The van der Waals surface area contributed by atoms with E-state index >= 15 is 0 Å². The fourth-order valence-corrected chi connectivity index (χ4v) is 6.47. The third-order valence-electron chi connectivity index (χ3n) is 7.48. The first-order valence-corrected chi connectivity index (χ1v) is 16.5. The van der Waals surface area contributed by atoms with E-state index in [9.17, 15) is 18.0 Å². The molecule has 4 aromatic rings. The van der Waals surface area contributed by atoms with Crippen molar-refractivity contribution in [3.8, 4) is 5.75 Å². The molecule has 10 heteroatoms. The largest absolute Gasteiger partial charge is 0.497 e. The second-order valence-corrected chi connectivity index (χ2v) is 13.0. The number of rotatable bonds is 14. The zero-order chi connectivity index (χ0) is 32.4. The number of carbonyl (C=O) groups excluding carboxylic acids is 2. The first-order chi connectivity index (χ1) is 21.6. The van der Waals surface area contributed by atoms with Gasteiger partial charge in [-0.2, -0.15) is 0 Å². The number of amides is 2. The highest BCUT2D eigenvalue weighted by Gasteiger charge is 2.35. The van der Waals surface area contributed by atoms with Gasteiger partial charge in [0, 0.05) is 24.0 Å². The number of anilines is 1. The van der Waals surface area contributed by atoms with E-state index in [0.717, 1.165) is 9.87 Å². The van der Waals surface area contributed by atoms with E-state index in [-0.39, 0.29) is 35.5 Å². The van der Waals surface area contributed by atoms with Crippen LogP contribution in [-0.2, 0) is 32.6 Å². The summed E-state index contributed by atoms with van der Waals surface area (Å²) in [6, 6.07) is 29.8. The molecule has 0 aliphatic heterocycles. The van der Waals surface area contributed by atoms with Crippen molar-refractivity contribution in [3.05, 3.63) is 125 Å². The van der Waals surface area contributed by atoms with Crippen molar-refractivity contribution in [2.45, 2.75) is 50.2 Å². The fraction of sp³-hybridized carbons (Fsp3) is 0.257. The maximum Gasteiger partial charge on any atom is 0.264 e. The maximum absolute atomic E-state index is 14.5. The van der Waals surface area contributed by atoms with E-state index in [1.54, 1.807) is 60.7 Å². The summed E-state index contributed by atoms with van der Waals surface area (Å²) in [6.45, 7) is 3.35. The van der Waals surface area contributed by atoms with Gasteiger partial charge in [-0.05, 0) is 73.0 Å². The van der Waals surface area contributed by atoms with Crippen molar-refractivity contribution in [1.82, 2.24) is 10.2 Å². The zero-order valence-corrected chi connectivity index (χ0v) is 27.2. The topological polar surface area (TPSA) is 96.0 Å². The highest BCUT2D eigenvalue weighted by atomic mass is 35.5. The van der Waals surface area contributed by atoms with Crippen molar-refractivity contribution in [2.24, 2.45) is 0 Å². The molecule has 0 saturated heterocycles. The van der Waals surface area contributed by atoms with E-state index < -0.39 is 28.5 Å². The van der Waals surface area contributed by atoms with Crippen molar-refractivity contribution in [1.29, 1.82) is 0 Å². The van der Waals surface area contributed by atoms with Gasteiger partial charge >= 0.3 is 0 Å². The molecule has 0 aliphatic carbocycles. The quantitative estimate of drug-likeness (QED) is 0.179. The second kappa shape index (κ2) is 15.6. The Morgan fingerprint density at radius 3 is 2.09 bits per heavy atom. The molecule has 8 nitrogen and oxygen atoms in total. The second-order valence-electron chi connectivity index (χ2n) is 10.7. The van der Waals surface area contributed by atoms with Crippen LogP contribution in [0.4, 0.5) is 5.69 Å². The number of sulfonamides is 1. The molecule has 45 heavy (non-hydrogen) atoms. The molecule has 4 aromatic carbocycles. The molecule has 0 fully saturated rings. The first-order valence-electron chi connectivity index (χ1n) is 14.7. The molecular formula is C35H38ClN3O5S. The Balaban J connectivity index is 1.80. The summed E-state index contributed by atoms with van der Waals surface area (Å²) in [5, 5.41) is 3.51. The van der Waals surface area contributed by atoms with Crippen molar-refractivity contribution in [2.75, 3.05) is 18.0 Å². The lowest BCUT2D eigenvalue weighted by Crippen LogP contribution is -2.54. The highest BCUT2D eigenvalue weighted by Crippen LogP contribution is 2.27. The van der Waals surface area contributed by atoms with Crippen molar-refractivity contribution < 1.29 is 22.7 Å². The maximum atomic E-state index is 14.5. The van der Waals surface area contributed by atoms with Crippen LogP contribution in [0.2, 0.25) is 5.02 Å². The Kier molecular flexibility index (Phi) is 11.6. The highest BCUT2D eigenvalue weighted by molar-refractivity contribution is 7.92. The van der Waals surface area contributed by atoms with Crippen molar-refractivity contribution in [3.63, 3.8) is 0 Å². The molecule has 236 valence electrons. The summed E-state index contributed by atoms with van der Waals surface area (Å²) in [4.78, 5) is 29.9. The van der Waals surface area contributed by atoms with Gasteiger partial charge in [-0.25, -0.2) is 8.42 Å². The molecule has 2 amide bonds. The summed E-state index contributed by atoms with van der Waals surface area (Å²) >= 11 is 6.30. The van der Waals surface area contributed by atoms with Crippen LogP contribution in [0.15, 0.2) is 114 Å². The Morgan fingerprint density at radius 2 is 1.49 bits per heavy atom. The third kappa shape index (κ3) is 8.86. The molecule has 0 unspecified atom stereocenters. The van der Waals surface area contributed by atoms with Gasteiger partial charge in [-0.15, -0.1) is 0 Å². The molecule has 4 rings (SSSR count). The molecule has 1 N–H and O–H groups in total. The predicted molar refractivity (Wildman–Crippen MR) is 178 cm³/mol. The van der Waals surface area contributed by atoms with Crippen LogP contribution >= 0.6 is 11.6 Å². The number of benzene rings is 4. The van der Waals surface area contributed by atoms with E-state index in [1.165, 1.54) is 24.1 Å². The number of ether oxygens (including phenoxy) is 1. The normalized spacial score (nSPS) is 12.5. The van der Waals surface area contributed by atoms with Gasteiger partial charge in [0.2, 0.25) is 11.8 Å². The molecule has 0 heterocycles. The minimum atomic E-state index is -4.19. The summed E-state index contributed by atoms with van der Waals surface area (Å²) in [7, 11) is -2.67. The van der Waals surface area contributed by atoms with Crippen LogP contribution in [0, 0.1) is 0 Å². The monoisotopic (exact) mass is 647 g/mol. The minimum Gasteiger partial charge on any atom is -0.497 e. The van der Waals surface area contributed by atoms with Gasteiger partial charge in [-0.1, -0.05) is 79.2 Å². The molecular weight excluding hydrogens is 610 g/mol. The lowest BCUT2D eigenvalue weighted by molar-refractivity contribution is -0.140. The Labute approximate surface area is 270 Å². The van der Waals surface area contributed by atoms with Crippen LogP contribution in [-0.4, -0.2) is 50.9 Å². The average molecular weight is 648 g/mol. The Morgan fingerprint density at radius 1 is 0.867 bits per heavy atom. The first kappa shape index (κ1) is 33.6. The van der Waals surface area contributed by atoms with Crippen LogP contribution in [0.25, 0.3) is 0 Å². The van der Waals surface area contributed by atoms with Gasteiger partial charge in [0.05, 0.1) is 17.7 Å². The number of hydrogen-bond acceptors (Lipinski definition) is 5. The number of nitrogens with one attached hydrogen (secondary N) is 1. The lowest BCUT2D eigenvalue weighted by Gasteiger charge is -2.34. The molecule has 0 aliphatic rings. The molecule has 0 radical (unpaired) electrons. The van der Waals surface area contributed by atoms with Crippen LogP contribution in [0.1, 0.15) is 31.4 Å². The Bertz CT molecular complexity index is 1670. The van der Waals surface area contributed by atoms with Gasteiger partial charge < -0.3 is 15.0 Å². The number of methoxy groups -OCH3 is 1. The van der Waals surface area contributed by atoms with E-state index in [0.29, 0.717) is 22.8 Å². The fourth-order valence-electron chi connectivity index (χ4n) is 4.82. The molecule has 0 saturated carbocycles. The van der Waals surface area contributed by atoms with Crippen LogP contribution in [0.5, 0.6) is 5.75 Å². The number of carbonyl (C=O) groups is 2. The summed E-state index contributed by atoms with van der Waals surface area (Å²) < 4.78 is 34.5. The summed E-state index contributed by atoms with van der Waals surface area (Å²) in [6.07, 6.45) is 0.927. The van der Waals surface area contributed by atoms with Crippen LogP contribution < -0.4 is 14.4 Å². The number of nitrogens with zero attached hydrogens (tertiary/aromatic N) is 2. The third-order valence-corrected chi connectivity index (χ3v) is 9.51. The van der Waals surface area contributed by atoms with E-state index in [2.05, 4.69) is 5.32 Å².